The van der Waals surface area contributed by atoms with E-state index < -0.39 is 17.9 Å². The second-order valence-electron chi connectivity index (χ2n) is 7.43. The predicted molar refractivity (Wildman–Crippen MR) is 113 cm³/mol. The molecule has 1 aliphatic heterocycles. The Hall–Kier alpha value is -3.15. The second kappa shape index (κ2) is 10.1. The maximum atomic E-state index is 12.6. The molecule has 158 valence electrons. The van der Waals surface area contributed by atoms with E-state index in [-0.39, 0.29) is 18.0 Å². The van der Waals surface area contributed by atoms with Gasteiger partial charge in [-0.3, -0.25) is 14.4 Å². The summed E-state index contributed by atoms with van der Waals surface area (Å²) in [5, 5.41) is 2.70. The molecule has 0 saturated carbocycles. The average molecular weight is 409 g/mol. The van der Waals surface area contributed by atoms with Crippen molar-refractivity contribution in [1.29, 1.82) is 0 Å². The summed E-state index contributed by atoms with van der Waals surface area (Å²) in [5.74, 6) is -0.961. The number of aryl methyl sites for hydroxylation is 2. The van der Waals surface area contributed by atoms with Gasteiger partial charge in [-0.2, -0.15) is 0 Å². The Morgan fingerprint density at radius 3 is 2.37 bits per heavy atom. The summed E-state index contributed by atoms with van der Waals surface area (Å²) in [7, 11) is 3.15. The van der Waals surface area contributed by atoms with Crippen LogP contribution >= 0.6 is 0 Å². The number of amides is 1. The number of carbonyl (C=O) groups is 3. The Morgan fingerprint density at radius 2 is 1.67 bits per heavy atom. The average Bonchev–Trinajstić information content (AvgIpc) is 3.05. The van der Waals surface area contributed by atoms with Crippen molar-refractivity contribution in [2.24, 2.45) is 5.92 Å². The number of methoxy groups -OCH3 is 2. The molecule has 1 saturated heterocycles. The van der Waals surface area contributed by atoms with E-state index in [2.05, 4.69) is 5.32 Å². The minimum absolute atomic E-state index is 0.184. The lowest BCUT2D eigenvalue weighted by Crippen LogP contribution is -2.29. The Bertz CT molecular complexity index is 909. The van der Waals surface area contributed by atoms with Crippen LogP contribution in [0.15, 0.2) is 48.5 Å². The van der Waals surface area contributed by atoms with Gasteiger partial charge in [0, 0.05) is 6.42 Å². The largest absolute Gasteiger partial charge is 0.493 e. The second-order valence-corrected chi connectivity index (χ2v) is 7.43. The Labute approximate surface area is 176 Å². The van der Waals surface area contributed by atoms with Crippen LogP contribution in [0.5, 0.6) is 11.5 Å². The Morgan fingerprint density at radius 1 is 0.933 bits per heavy atom. The van der Waals surface area contributed by atoms with Gasteiger partial charge in [-0.1, -0.05) is 36.4 Å². The number of ketones is 2. The lowest BCUT2D eigenvalue weighted by atomic mass is 9.92. The fourth-order valence-corrected chi connectivity index (χ4v) is 3.78. The quantitative estimate of drug-likeness (QED) is 0.610. The molecular formula is C24H27NO5. The van der Waals surface area contributed by atoms with Crippen LogP contribution in [0.3, 0.4) is 0 Å². The summed E-state index contributed by atoms with van der Waals surface area (Å²) < 4.78 is 10.5. The number of hydrogen-bond donors (Lipinski definition) is 1. The van der Waals surface area contributed by atoms with E-state index in [9.17, 15) is 14.4 Å². The molecule has 0 aromatic heterocycles. The Balaban J connectivity index is 1.51. The van der Waals surface area contributed by atoms with Crippen LogP contribution in [-0.2, 0) is 27.2 Å². The van der Waals surface area contributed by atoms with Gasteiger partial charge in [0.25, 0.3) is 0 Å². The molecular weight excluding hydrogens is 382 g/mol. The van der Waals surface area contributed by atoms with Crippen molar-refractivity contribution >= 4 is 17.5 Å². The first kappa shape index (κ1) is 21.6. The zero-order chi connectivity index (χ0) is 21.5. The van der Waals surface area contributed by atoms with Gasteiger partial charge in [0.15, 0.2) is 29.0 Å². The van der Waals surface area contributed by atoms with E-state index in [0.717, 1.165) is 11.1 Å². The molecule has 1 amide bonds. The molecule has 2 atom stereocenters. The number of hydrogen-bond acceptors (Lipinski definition) is 5. The fraction of sp³-hybridized carbons (Fsp3) is 0.375. The third kappa shape index (κ3) is 5.06. The van der Waals surface area contributed by atoms with Gasteiger partial charge in [-0.25, -0.2) is 0 Å². The molecule has 2 aromatic carbocycles. The zero-order valence-corrected chi connectivity index (χ0v) is 17.4. The number of rotatable bonds is 10. The Kier molecular flexibility index (Phi) is 7.22. The summed E-state index contributed by atoms with van der Waals surface area (Å²) in [6.07, 6.45) is 2.57. The molecule has 2 aromatic rings. The highest BCUT2D eigenvalue weighted by Gasteiger charge is 2.44. The molecule has 0 aliphatic carbocycles. The molecule has 0 radical (unpaired) electrons. The highest BCUT2D eigenvalue weighted by atomic mass is 16.5. The standard InChI is InChI=1S/C24H27NO5/c1-29-20-14-12-17(15-21(20)30-2)9-6-10-19(26)22-23(27)18(25-24(22)28)13-11-16-7-4-3-5-8-16/h3-5,7-8,12,14-15,18,22H,6,9-11,13H2,1-2H3,(H,25,28). The fourth-order valence-electron chi connectivity index (χ4n) is 3.78. The minimum Gasteiger partial charge on any atom is -0.493 e. The van der Waals surface area contributed by atoms with Gasteiger partial charge < -0.3 is 14.8 Å². The lowest BCUT2D eigenvalue weighted by molar-refractivity contribution is -0.136. The third-order valence-corrected chi connectivity index (χ3v) is 5.43. The van der Waals surface area contributed by atoms with Crippen molar-refractivity contribution in [2.75, 3.05) is 14.2 Å². The van der Waals surface area contributed by atoms with Crippen LogP contribution in [0.2, 0.25) is 0 Å². The molecule has 2 unspecified atom stereocenters. The monoisotopic (exact) mass is 409 g/mol. The van der Waals surface area contributed by atoms with Gasteiger partial charge in [0.05, 0.1) is 20.3 Å². The van der Waals surface area contributed by atoms with Crippen molar-refractivity contribution < 1.29 is 23.9 Å². The maximum Gasteiger partial charge on any atom is 0.238 e. The van der Waals surface area contributed by atoms with E-state index in [4.69, 9.17) is 9.47 Å². The first-order chi connectivity index (χ1) is 14.5. The van der Waals surface area contributed by atoms with Gasteiger partial charge in [0.2, 0.25) is 5.91 Å². The highest BCUT2D eigenvalue weighted by molar-refractivity contribution is 6.24. The molecule has 0 bridgehead atoms. The number of ether oxygens (including phenoxy) is 2. The smallest absolute Gasteiger partial charge is 0.238 e. The first-order valence-corrected chi connectivity index (χ1v) is 10.1. The molecule has 1 N–H and O–H groups in total. The summed E-state index contributed by atoms with van der Waals surface area (Å²) in [6, 6.07) is 14.8. The van der Waals surface area contributed by atoms with Crippen molar-refractivity contribution in [3.05, 3.63) is 59.7 Å². The number of Topliss-reactive ketones (excluding diaryl/α,β-unsaturated/α-hetero) is 2. The van der Waals surface area contributed by atoms with E-state index in [1.54, 1.807) is 14.2 Å². The molecule has 3 rings (SSSR count). The molecule has 6 nitrogen and oxygen atoms in total. The van der Waals surface area contributed by atoms with Crippen LogP contribution in [-0.4, -0.2) is 37.7 Å². The number of nitrogens with one attached hydrogen (secondary N) is 1. The predicted octanol–water partition coefficient (Wildman–Crippen LogP) is 2.91. The topological polar surface area (TPSA) is 81.7 Å². The van der Waals surface area contributed by atoms with E-state index in [1.165, 1.54) is 0 Å². The molecule has 1 aliphatic rings. The van der Waals surface area contributed by atoms with E-state index in [0.29, 0.717) is 37.2 Å². The minimum atomic E-state index is -1.17. The summed E-state index contributed by atoms with van der Waals surface area (Å²) >= 11 is 0. The SMILES string of the molecule is COc1ccc(CCCC(=O)C2C(=O)NC(CCc3ccccc3)C2=O)cc1OC. The van der Waals surface area contributed by atoms with Crippen molar-refractivity contribution in [3.63, 3.8) is 0 Å². The van der Waals surface area contributed by atoms with Crippen LogP contribution < -0.4 is 14.8 Å². The van der Waals surface area contributed by atoms with Crippen molar-refractivity contribution in [2.45, 2.75) is 38.1 Å². The zero-order valence-electron chi connectivity index (χ0n) is 17.4. The van der Waals surface area contributed by atoms with Crippen molar-refractivity contribution in [3.8, 4) is 11.5 Å². The highest BCUT2D eigenvalue weighted by Crippen LogP contribution is 2.28. The van der Waals surface area contributed by atoms with Crippen molar-refractivity contribution in [1.82, 2.24) is 5.32 Å². The summed E-state index contributed by atoms with van der Waals surface area (Å²) in [5.41, 5.74) is 2.10. The first-order valence-electron chi connectivity index (χ1n) is 10.1. The van der Waals surface area contributed by atoms with Gasteiger partial charge >= 0.3 is 0 Å². The third-order valence-electron chi connectivity index (χ3n) is 5.43. The van der Waals surface area contributed by atoms with Gasteiger partial charge in [0.1, 0.15) is 0 Å². The number of carbonyl (C=O) groups excluding carboxylic acids is 3. The van der Waals surface area contributed by atoms with Gasteiger partial charge in [-0.05, 0) is 48.9 Å². The van der Waals surface area contributed by atoms with Crippen LogP contribution in [0.1, 0.15) is 30.4 Å². The van der Waals surface area contributed by atoms with Crippen LogP contribution in [0.4, 0.5) is 0 Å². The molecule has 0 spiro atoms. The molecule has 1 heterocycles. The van der Waals surface area contributed by atoms with E-state index in [1.807, 2.05) is 48.5 Å². The number of benzene rings is 2. The van der Waals surface area contributed by atoms with Crippen LogP contribution in [0.25, 0.3) is 0 Å². The summed E-state index contributed by atoms with van der Waals surface area (Å²) in [4.78, 5) is 37.5. The normalized spacial score (nSPS) is 18.2. The maximum absolute atomic E-state index is 12.6. The molecule has 30 heavy (non-hydrogen) atoms. The van der Waals surface area contributed by atoms with Crippen LogP contribution in [0, 0.1) is 5.92 Å². The molecule has 1 fully saturated rings. The van der Waals surface area contributed by atoms with Gasteiger partial charge in [-0.15, -0.1) is 0 Å². The van der Waals surface area contributed by atoms with E-state index >= 15 is 0 Å². The molecule has 6 heteroatoms. The lowest BCUT2D eigenvalue weighted by Gasteiger charge is -2.10. The summed E-state index contributed by atoms with van der Waals surface area (Å²) in [6.45, 7) is 0.